The van der Waals surface area contributed by atoms with Gasteiger partial charge in [-0.15, -0.1) is 0 Å². The first-order valence-corrected chi connectivity index (χ1v) is 7.66. The van der Waals surface area contributed by atoms with E-state index in [1.165, 1.54) is 12.7 Å². The molecule has 2 atom stereocenters. The summed E-state index contributed by atoms with van der Waals surface area (Å²) in [7, 11) is 1.51. The van der Waals surface area contributed by atoms with Crippen LogP contribution in [-0.4, -0.2) is 48.7 Å². The number of hydrogen-bond acceptors (Lipinski definition) is 3. The minimum atomic E-state index is -0.966. The van der Waals surface area contributed by atoms with Crippen molar-refractivity contribution in [3.63, 3.8) is 0 Å². The third-order valence-corrected chi connectivity index (χ3v) is 4.92. The van der Waals surface area contributed by atoms with Crippen molar-refractivity contribution in [2.45, 2.75) is 25.2 Å². The van der Waals surface area contributed by atoms with Crippen LogP contribution in [0.15, 0.2) is 24.3 Å². The second-order valence-corrected chi connectivity index (χ2v) is 6.34. The molecule has 0 spiro atoms. The summed E-state index contributed by atoms with van der Waals surface area (Å²) in [4.78, 5) is 26.1. The quantitative estimate of drug-likeness (QED) is 0.919. The minimum absolute atomic E-state index is 0.0557. The number of piperidine rings is 1. The van der Waals surface area contributed by atoms with Gasteiger partial charge in [0.1, 0.15) is 5.41 Å². The predicted molar refractivity (Wildman–Crippen MR) is 80.6 cm³/mol. The molecule has 0 saturated carbocycles. The number of benzene rings is 1. The van der Waals surface area contributed by atoms with E-state index in [0.717, 1.165) is 12.0 Å². The maximum Gasteiger partial charge on any atom is 0.313 e. The Kier molecular flexibility index (Phi) is 3.91. The van der Waals surface area contributed by atoms with E-state index < -0.39 is 11.4 Å². The Morgan fingerprint density at radius 1 is 1.41 bits per heavy atom. The van der Waals surface area contributed by atoms with E-state index in [0.29, 0.717) is 19.4 Å². The number of hydrogen-bond donors (Lipinski definition) is 1. The maximum atomic E-state index is 12.7. The molecular formula is C17H21NO4. The van der Waals surface area contributed by atoms with Crippen LogP contribution in [0.4, 0.5) is 0 Å². The fourth-order valence-electron chi connectivity index (χ4n) is 3.65. The Bertz CT molecular complexity index is 596. The number of rotatable bonds is 4. The SMILES string of the molecule is COCC1(C(=O)O)CCCN(C(=O)C2Cc3ccccc32)C1. The third kappa shape index (κ3) is 2.39. The highest BCUT2D eigenvalue weighted by Crippen LogP contribution is 2.38. The fourth-order valence-corrected chi connectivity index (χ4v) is 3.65. The summed E-state index contributed by atoms with van der Waals surface area (Å²) >= 11 is 0. The van der Waals surface area contributed by atoms with Gasteiger partial charge >= 0.3 is 5.97 Å². The summed E-state index contributed by atoms with van der Waals surface area (Å²) in [6.45, 7) is 1.03. The smallest absolute Gasteiger partial charge is 0.313 e. The van der Waals surface area contributed by atoms with Gasteiger partial charge in [0.15, 0.2) is 0 Å². The topological polar surface area (TPSA) is 66.8 Å². The normalized spacial score (nSPS) is 27.0. The molecule has 1 aromatic rings. The van der Waals surface area contributed by atoms with Gasteiger partial charge < -0.3 is 14.7 Å². The van der Waals surface area contributed by atoms with Gasteiger partial charge in [0.2, 0.25) is 5.91 Å². The third-order valence-electron chi connectivity index (χ3n) is 4.92. The van der Waals surface area contributed by atoms with Gasteiger partial charge in [-0.25, -0.2) is 0 Å². The van der Waals surface area contributed by atoms with Crippen molar-refractivity contribution >= 4 is 11.9 Å². The highest BCUT2D eigenvalue weighted by Gasteiger charge is 2.45. The molecule has 2 unspecified atom stereocenters. The lowest BCUT2D eigenvalue weighted by Crippen LogP contribution is -2.53. The molecule has 0 bridgehead atoms. The van der Waals surface area contributed by atoms with Crippen LogP contribution >= 0.6 is 0 Å². The molecule has 1 aliphatic carbocycles. The standard InChI is InChI=1S/C17H21NO4/c1-22-11-17(16(20)21)7-4-8-18(10-17)15(19)14-9-12-5-2-3-6-13(12)14/h2-3,5-6,14H,4,7-11H2,1H3,(H,20,21). The molecular weight excluding hydrogens is 282 g/mol. The number of likely N-dealkylation sites (tertiary alicyclic amines) is 1. The van der Waals surface area contributed by atoms with E-state index in [1.54, 1.807) is 4.90 Å². The number of carbonyl (C=O) groups excluding carboxylic acids is 1. The van der Waals surface area contributed by atoms with Crippen LogP contribution in [0.3, 0.4) is 0 Å². The van der Waals surface area contributed by atoms with Gasteiger partial charge in [0.25, 0.3) is 0 Å². The van der Waals surface area contributed by atoms with E-state index in [-0.39, 0.29) is 25.0 Å². The first kappa shape index (κ1) is 15.0. The molecule has 22 heavy (non-hydrogen) atoms. The van der Waals surface area contributed by atoms with Crippen molar-refractivity contribution in [1.82, 2.24) is 4.90 Å². The van der Waals surface area contributed by atoms with Crippen molar-refractivity contribution in [2.75, 3.05) is 26.8 Å². The highest BCUT2D eigenvalue weighted by molar-refractivity contribution is 5.88. The van der Waals surface area contributed by atoms with E-state index in [2.05, 4.69) is 0 Å². The first-order valence-electron chi connectivity index (χ1n) is 7.66. The first-order chi connectivity index (χ1) is 10.6. The number of aliphatic carboxylic acids is 1. The largest absolute Gasteiger partial charge is 0.481 e. The van der Waals surface area contributed by atoms with Gasteiger partial charge in [-0.3, -0.25) is 9.59 Å². The average Bonchev–Trinajstić information content (AvgIpc) is 2.49. The monoisotopic (exact) mass is 303 g/mol. The van der Waals surface area contributed by atoms with Crippen molar-refractivity contribution in [3.05, 3.63) is 35.4 Å². The Balaban J connectivity index is 1.75. The molecule has 5 heteroatoms. The number of nitrogens with zero attached hydrogens (tertiary/aromatic N) is 1. The zero-order valence-electron chi connectivity index (χ0n) is 12.7. The molecule has 3 rings (SSSR count). The average molecular weight is 303 g/mol. The number of carboxylic acids is 1. The summed E-state index contributed by atoms with van der Waals surface area (Å²) in [5.74, 6) is -0.927. The Morgan fingerprint density at radius 3 is 2.86 bits per heavy atom. The van der Waals surface area contributed by atoms with Crippen LogP contribution in [0.1, 0.15) is 29.9 Å². The lowest BCUT2D eigenvalue weighted by Gasteiger charge is -2.42. The van der Waals surface area contributed by atoms with E-state index in [4.69, 9.17) is 4.74 Å². The highest BCUT2D eigenvalue weighted by atomic mass is 16.5. The molecule has 1 aromatic carbocycles. The second-order valence-electron chi connectivity index (χ2n) is 6.34. The van der Waals surface area contributed by atoms with Crippen LogP contribution < -0.4 is 0 Å². The van der Waals surface area contributed by atoms with Gasteiger partial charge in [0, 0.05) is 20.2 Å². The van der Waals surface area contributed by atoms with E-state index >= 15 is 0 Å². The van der Waals surface area contributed by atoms with Crippen molar-refractivity contribution < 1.29 is 19.4 Å². The van der Waals surface area contributed by atoms with Crippen LogP contribution in [-0.2, 0) is 20.7 Å². The van der Waals surface area contributed by atoms with Gasteiger partial charge in [-0.1, -0.05) is 24.3 Å². The minimum Gasteiger partial charge on any atom is -0.481 e. The molecule has 1 fully saturated rings. The summed E-state index contributed by atoms with van der Waals surface area (Å²) < 4.78 is 5.11. The van der Waals surface area contributed by atoms with Crippen molar-refractivity contribution in [1.29, 1.82) is 0 Å². The molecule has 2 aliphatic rings. The van der Waals surface area contributed by atoms with E-state index in [1.807, 2.05) is 24.3 Å². The number of carbonyl (C=O) groups is 2. The van der Waals surface area contributed by atoms with Crippen LogP contribution in [0.25, 0.3) is 0 Å². The molecule has 1 saturated heterocycles. The Morgan fingerprint density at radius 2 is 2.18 bits per heavy atom. The second kappa shape index (κ2) is 5.72. The number of methoxy groups -OCH3 is 1. The molecule has 0 aromatic heterocycles. The van der Waals surface area contributed by atoms with Gasteiger partial charge in [-0.05, 0) is 30.4 Å². The number of amides is 1. The molecule has 5 nitrogen and oxygen atoms in total. The summed E-state index contributed by atoms with van der Waals surface area (Å²) in [5, 5.41) is 9.57. The van der Waals surface area contributed by atoms with E-state index in [9.17, 15) is 14.7 Å². The summed E-state index contributed by atoms with van der Waals surface area (Å²) in [6, 6.07) is 7.96. The molecule has 1 amide bonds. The molecule has 1 N–H and O–H groups in total. The number of fused-ring (bicyclic) bond motifs is 1. The Hall–Kier alpha value is -1.88. The van der Waals surface area contributed by atoms with Gasteiger partial charge in [0.05, 0.1) is 12.5 Å². The molecule has 1 aliphatic heterocycles. The van der Waals surface area contributed by atoms with Crippen molar-refractivity contribution in [3.8, 4) is 0 Å². The predicted octanol–water partition coefficient (Wildman–Crippen LogP) is 1.67. The Labute approximate surface area is 129 Å². The van der Waals surface area contributed by atoms with Crippen LogP contribution in [0, 0.1) is 5.41 Å². The molecule has 118 valence electrons. The lowest BCUT2D eigenvalue weighted by atomic mass is 9.75. The summed E-state index contributed by atoms with van der Waals surface area (Å²) in [6.07, 6.45) is 2.02. The maximum absolute atomic E-state index is 12.7. The van der Waals surface area contributed by atoms with Crippen molar-refractivity contribution in [2.24, 2.45) is 5.41 Å². The number of carboxylic acid groups (broad SMARTS) is 1. The van der Waals surface area contributed by atoms with Gasteiger partial charge in [-0.2, -0.15) is 0 Å². The van der Waals surface area contributed by atoms with Crippen LogP contribution in [0.2, 0.25) is 0 Å². The number of ether oxygens (including phenoxy) is 1. The molecule has 1 heterocycles. The lowest BCUT2D eigenvalue weighted by molar-refractivity contribution is -0.159. The summed E-state index contributed by atoms with van der Waals surface area (Å²) in [5.41, 5.74) is 1.34. The molecule has 0 radical (unpaired) electrons. The fraction of sp³-hybridized carbons (Fsp3) is 0.529. The zero-order chi connectivity index (χ0) is 15.7. The van der Waals surface area contributed by atoms with Crippen LogP contribution in [0.5, 0.6) is 0 Å². The zero-order valence-corrected chi connectivity index (χ0v) is 12.7.